The lowest BCUT2D eigenvalue weighted by atomic mass is 10.1. The molecular formula is C21H24N2O2. The Morgan fingerprint density at radius 3 is 2.52 bits per heavy atom. The number of amides is 2. The molecule has 2 atom stereocenters. The second kappa shape index (κ2) is 7.51. The number of carbonyl (C=O) groups is 2. The number of para-hydroxylation sites is 1. The largest absolute Gasteiger partial charge is 0.352 e. The van der Waals surface area contributed by atoms with Crippen molar-refractivity contribution in [3.8, 4) is 0 Å². The van der Waals surface area contributed by atoms with Crippen LogP contribution >= 0.6 is 0 Å². The molecule has 3 rings (SSSR count). The van der Waals surface area contributed by atoms with E-state index in [1.165, 1.54) is 12.5 Å². The van der Waals surface area contributed by atoms with Gasteiger partial charge in [-0.3, -0.25) is 14.5 Å². The second-order valence-electron chi connectivity index (χ2n) is 6.67. The first-order valence-corrected chi connectivity index (χ1v) is 8.78. The molecule has 2 aromatic rings. The molecule has 0 aromatic heterocycles. The smallest absolute Gasteiger partial charge is 0.243 e. The van der Waals surface area contributed by atoms with Gasteiger partial charge in [0.1, 0.15) is 6.04 Å². The zero-order valence-corrected chi connectivity index (χ0v) is 14.7. The van der Waals surface area contributed by atoms with E-state index in [0.29, 0.717) is 6.42 Å². The minimum Gasteiger partial charge on any atom is -0.352 e. The minimum absolute atomic E-state index is 0.0604. The van der Waals surface area contributed by atoms with E-state index in [1.54, 1.807) is 4.90 Å². The van der Waals surface area contributed by atoms with Crippen molar-refractivity contribution in [2.24, 2.45) is 0 Å². The third-order valence-electron chi connectivity index (χ3n) is 4.72. The third kappa shape index (κ3) is 3.90. The van der Waals surface area contributed by atoms with Crippen LogP contribution in [0.25, 0.3) is 0 Å². The monoisotopic (exact) mass is 336 g/mol. The maximum Gasteiger partial charge on any atom is 0.243 e. The summed E-state index contributed by atoms with van der Waals surface area (Å²) in [6.45, 7) is 3.53. The molecule has 2 aromatic carbocycles. The van der Waals surface area contributed by atoms with Crippen molar-refractivity contribution >= 4 is 17.5 Å². The van der Waals surface area contributed by atoms with E-state index in [-0.39, 0.29) is 17.9 Å². The summed E-state index contributed by atoms with van der Waals surface area (Å²) in [7, 11) is 0. The summed E-state index contributed by atoms with van der Waals surface area (Å²) in [6.07, 6.45) is 2.37. The van der Waals surface area contributed by atoms with E-state index in [2.05, 4.69) is 17.4 Å². The molecule has 0 radical (unpaired) electrons. The first kappa shape index (κ1) is 17.2. The van der Waals surface area contributed by atoms with Gasteiger partial charge in [-0.15, -0.1) is 0 Å². The molecule has 1 N–H and O–H groups in total. The van der Waals surface area contributed by atoms with Crippen LogP contribution in [-0.4, -0.2) is 23.9 Å². The third-order valence-corrected chi connectivity index (χ3v) is 4.72. The maximum atomic E-state index is 12.7. The number of carbonyl (C=O) groups excluding carboxylic acids is 2. The Morgan fingerprint density at radius 2 is 1.80 bits per heavy atom. The number of aryl methyl sites for hydroxylation is 1. The van der Waals surface area contributed by atoms with Crippen LogP contribution in [0.3, 0.4) is 0 Å². The number of benzene rings is 2. The van der Waals surface area contributed by atoms with Crippen LogP contribution < -0.4 is 10.2 Å². The fourth-order valence-corrected chi connectivity index (χ4v) is 3.42. The van der Waals surface area contributed by atoms with Crippen LogP contribution in [-0.2, 0) is 22.4 Å². The average Bonchev–Trinajstić information content (AvgIpc) is 3.01. The zero-order chi connectivity index (χ0) is 17.8. The molecule has 4 heteroatoms. The number of anilines is 1. The summed E-state index contributed by atoms with van der Waals surface area (Å²) in [6, 6.07) is 17.6. The summed E-state index contributed by atoms with van der Waals surface area (Å²) in [5, 5.41) is 3.08. The number of hydrogen-bond acceptors (Lipinski definition) is 2. The van der Waals surface area contributed by atoms with Crippen molar-refractivity contribution in [2.45, 2.75) is 45.2 Å². The van der Waals surface area contributed by atoms with Gasteiger partial charge in [0.2, 0.25) is 11.8 Å². The normalized spacial score (nSPS) is 17.0. The van der Waals surface area contributed by atoms with Crippen LogP contribution in [0.4, 0.5) is 5.69 Å². The number of nitrogens with one attached hydrogen (secondary N) is 1. The van der Waals surface area contributed by atoms with E-state index in [9.17, 15) is 9.59 Å². The van der Waals surface area contributed by atoms with E-state index in [4.69, 9.17) is 0 Å². The maximum absolute atomic E-state index is 12.7. The summed E-state index contributed by atoms with van der Waals surface area (Å²) >= 11 is 0. The molecule has 0 bridgehead atoms. The standard InChI is InChI=1S/C21H24N2O2/c1-15(12-13-17-8-4-3-5-9-17)22-21(25)20-14-18-10-6-7-11-19(18)23(20)16(2)24/h3-11,15,20H,12-14H2,1-2H3,(H,22,25). The van der Waals surface area contributed by atoms with Gasteiger partial charge in [0.15, 0.2) is 0 Å². The van der Waals surface area contributed by atoms with Crippen LogP contribution in [0.15, 0.2) is 54.6 Å². The van der Waals surface area contributed by atoms with Gasteiger partial charge >= 0.3 is 0 Å². The fraction of sp³-hybridized carbons (Fsp3) is 0.333. The highest BCUT2D eigenvalue weighted by molar-refractivity contribution is 6.02. The van der Waals surface area contributed by atoms with Gasteiger partial charge in [-0.2, -0.15) is 0 Å². The Morgan fingerprint density at radius 1 is 1.12 bits per heavy atom. The SMILES string of the molecule is CC(=O)N1c2ccccc2CC1C(=O)NC(C)CCc1ccccc1. The van der Waals surface area contributed by atoms with Crippen LogP contribution in [0.5, 0.6) is 0 Å². The zero-order valence-electron chi connectivity index (χ0n) is 14.7. The van der Waals surface area contributed by atoms with Gasteiger partial charge in [0.05, 0.1) is 0 Å². The van der Waals surface area contributed by atoms with Gasteiger partial charge in [0, 0.05) is 25.1 Å². The summed E-state index contributed by atoms with van der Waals surface area (Å²) < 4.78 is 0. The van der Waals surface area contributed by atoms with Crippen LogP contribution in [0, 0.1) is 0 Å². The Balaban J connectivity index is 1.62. The highest BCUT2D eigenvalue weighted by atomic mass is 16.2. The Hall–Kier alpha value is -2.62. The molecule has 25 heavy (non-hydrogen) atoms. The second-order valence-corrected chi connectivity index (χ2v) is 6.67. The molecule has 0 spiro atoms. The Labute approximate surface area is 148 Å². The molecule has 2 amide bonds. The van der Waals surface area contributed by atoms with Gasteiger partial charge in [-0.05, 0) is 37.0 Å². The first-order chi connectivity index (χ1) is 12.1. The van der Waals surface area contributed by atoms with Crippen molar-refractivity contribution < 1.29 is 9.59 Å². The minimum atomic E-state index is -0.450. The number of rotatable bonds is 5. The lowest BCUT2D eigenvalue weighted by Gasteiger charge is -2.25. The van der Waals surface area contributed by atoms with Crippen LogP contribution in [0.1, 0.15) is 31.4 Å². The summed E-state index contributed by atoms with van der Waals surface area (Å²) in [4.78, 5) is 26.4. The summed E-state index contributed by atoms with van der Waals surface area (Å²) in [5.41, 5.74) is 3.17. The molecule has 0 aliphatic carbocycles. The highest BCUT2D eigenvalue weighted by Gasteiger charge is 2.36. The molecule has 2 unspecified atom stereocenters. The van der Waals surface area contributed by atoms with E-state index >= 15 is 0 Å². The number of hydrogen-bond donors (Lipinski definition) is 1. The van der Waals surface area contributed by atoms with Crippen molar-refractivity contribution in [1.82, 2.24) is 5.32 Å². The quantitative estimate of drug-likeness (QED) is 0.912. The molecular weight excluding hydrogens is 312 g/mol. The molecule has 4 nitrogen and oxygen atoms in total. The lowest BCUT2D eigenvalue weighted by molar-refractivity contribution is -0.126. The Kier molecular flexibility index (Phi) is 5.17. The molecule has 130 valence electrons. The number of nitrogens with zero attached hydrogens (tertiary/aromatic N) is 1. The molecule has 0 saturated heterocycles. The molecule has 0 saturated carbocycles. The average molecular weight is 336 g/mol. The van der Waals surface area contributed by atoms with E-state index in [1.807, 2.05) is 49.4 Å². The van der Waals surface area contributed by atoms with Crippen molar-refractivity contribution in [3.05, 3.63) is 65.7 Å². The van der Waals surface area contributed by atoms with Gasteiger partial charge in [-0.25, -0.2) is 0 Å². The lowest BCUT2D eigenvalue weighted by Crippen LogP contribution is -2.49. The van der Waals surface area contributed by atoms with Gasteiger partial charge < -0.3 is 5.32 Å². The Bertz CT molecular complexity index is 758. The van der Waals surface area contributed by atoms with Crippen molar-refractivity contribution in [2.75, 3.05) is 4.90 Å². The fourth-order valence-electron chi connectivity index (χ4n) is 3.42. The molecule has 0 fully saturated rings. The van der Waals surface area contributed by atoms with E-state index < -0.39 is 6.04 Å². The topological polar surface area (TPSA) is 49.4 Å². The van der Waals surface area contributed by atoms with Crippen molar-refractivity contribution in [1.29, 1.82) is 0 Å². The van der Waals surface area contributed by atoms with Gasteiger partial charge in [0.25, 0.3) is 0 Å². The van der Waals surface area contributed by atoms with E-state index in [0.717, 1.165) is 24.1 Å². The number of fused-ring (bicyclic) bond motifs is 1. The summed E-state index contributed by atoms with van der Waals surface area (Å²) in [5.74, 6) is -0.172. The predicted octanol–water partition coefficient (Wildman–Crippen LogP) is 3.10. The van der Waals surface area contributed by atoms with Gasteiger partial charge in [-0.1, -0.05) is 48.5 Å². The molecule has 1 aliphatic heterocycles. The highest BCUT2D eigenvalue weighted by Crippen LogP contribution is 2.32. The van der Waals surface area contributed by atoms with Crippen molar-refractivity contribution in [3.63, 3.8) is 0 Å². The van der Waals surface area contributed by atoms with Crippen LogP contribution in [0.2, 0.25) is 0 Å². The first-order valence-electron chi connectivity index (χ1n) is 8.78. The predicted molar refractivity (Wildman–Crippen MR) is 99.5 cm³/mol. The molecule has 1 heterocycles. The molecule has 1 aliphatic rings.